The molecule has 0 aliphatic heterocycles. The predicted octanol–water partition coefficient (Wildman–Crippen LogP) is 2.61. The summed E-state index contributed by atoms with van der Waals surface area (Å²) in [6, 6.07) is 4.24. The SMILES string of the molecule is Cc1ccc(CC(C)Nc2nc(N)ncc2F)s1. The van der Waals surface area contributed by atoms with Crippen LogP contribution in [0.25, 0.3) is 0 Å². The van der Waals surface area contributed by atoms with Crippen molar-refractivity contribution >= 4 is 23.1 Å². The first-order valence-corrected chi connectivity index (χ1v) is 6.46. The summed E-state index contributed by atoms with van der Waals surface area (Å²) in [6.07, 6.45) is 1.90. The van der Waals surface area contributed by atoms with E-state index in [1.807, 2.05) is 6.92 Å². The van der Waals surface area contributed by atoms with Gasteiger partial charge in [-0.2, -0.15) is 4.98 Å². The second-order valence-corrected chi connectivity index (χ2v) is 5.56. The third-order valence-corrected chi connectivity index (χ3v) is 3.47. The largest absolute Gasteiger partial charge is 0.368 e. The molecule has 0 aliphatic carbocycles. The van der Waals surface area contributed by atoms with E-state index in [2.05, 4.69) is 34.3 Å². The topological polar surface area (TPSA) is 63.8 Å². The van der Waals surface area contributed by atoms with Crippen molar-refractivity contribution in [2.24, 2.45) is 0 Å². The fourth-order valence-corrected chi connectivity index (χ4v) is 2.68. The molecule has 1 atom stereocenters. The Balaban J connectivity index is 2.02. The second-order valence-electron chi connectivity index (χ2n) is 4.19. The molecule has 0 saturated heterocycles. The highest BCUT2D eigenvalue weighted by molar-refractivity contribution is 7.11. The van der Waals surface area contributed by atoms with Crippen LogP contribution in [0.15, 0.2) is 18.3 Å². The molecule has 0 radical (unpaired) electrons. The number of aryl methyl sites for hydroxylation is 1. The smallest absolute Gasteiger partial charge is 0.222 e. The van der Waals surface area contributed by atoms with Crippen molar-refractivity contribution < 1.29 is 4.39 Å². The maximum Gasteiger partial charge on any atom is 0.222 e. The molecule has 0 spiro atoms. The number of rotatable bonds is 4. The number of halogens is 1. The molecule has 4 nitrogen and oxygen atoms in total. The van der Waals surface area contributed by atoms with Gasteiger partial charge in [0.25, 0.3) is 0 Å². The fraction of sp³-hybridized carbons (Fsp3) is 0.333. The number of thiophene rings is 1. The van der Waals surface area contributed by atoms with Crippen LogP contribution >= 0.6 is 11.3 Å². The molecule has 3 N–H and O–H groups in total. The summed E-state index contributed by atoms with van der Waals surface area (Å²) >= 11 is 1.74. The minimum absolute atomic E-state index is 0.0677. The van der Waals surface area contributed by atoms with Gasteiger partial charge in [0.05, 0.1) is 6.20 Å². The molecule has 1 unspecified atom stereocenters. The van der Waals surface area contributed by atoms with Crippen LogP contribution in [0.5, 0.6) is 0 Å². The highest BCUT2D eigenvalue weighted by atomic mass is 32.1. The van der Waals surface area contributed by atoms with E-state index in [9.17, 15) is 4.39 Å². The molecule has 2 aromatic rings. The van der Waals surface area contributed by atoms with Crippen LogP contribution in [-0.4, -0.2) is 16.0 Å². The number of aromatic nitrogens is 2. The van der Waals surface area contributed by atoms with E-state index in [-0.39, 0.29) is 17.8 Å². The summed E-state index contributed by atoms with van der Waals surface area (Å²) in [5.41, 5.74) is 5.43. The standard InChI is InChI=1S/C12H15FN4S/c1-7(5-9-4-3-8(2)18-9)16-11-10(13)6-15-12(14)17-11/h3-4,6-7H,5H2,1-2H3,(H3,14,15,16,17). The Hall–Kier alpha value is -1.69. The summed E-state index contributed by atoms with van der Waals surface area (Å²) in [5, 5.41) is 3.01. The Morgan fingerprint density at radius 2 is 2.28 bits per heavy atom. The van der Waals surface area contributed by atoms with Gasteiger partial charge in [0.15, 0.2) is 11.6 Å². The van der Waals surface area contributed by atoms with Gasteiger partial charge < -0.3 is 11.1 Å². The minimum Gasteiger partial charge on any atom is -0.368 e. The molecule has 2 aromatic heterocycles. The lowest BCUT2D eigenvalue weighted by molar-refractivity contribution is 0.613. The van der Waals surface area contributed by atoms with Crippen molar-refractivity contribution in [2.75, 3.05) is 11.1 Å². The summed E-state index contributed by atoms with van der Waals surface area (Å²) < 4.78 is 13.4. The van der Waals surface area contributed by atoms with E-state index < -0.39 is 5.82 Å². The van der Waals surface area contributed by atoms with E-state index in [0.717, 1.165) is 12.6 Å². The maximum atomic E-state index is 13.4. The Morgan fingerprint density at radius 1 is 1.50 bits per heavy atom. The number of hydrogen-bond acceptors (Lipinski definition) is 5. The highest BCUT2D eigenvalue weighted by Crippen LogP contribution is 2.19. The molecule has 0 saturated carbocycles. The van der Waals surface area contributed by atoms with Gasteiger partial charge in [-0.1, -0.05) is 0 Å². The van der Waals surface area contributed by atoms with Crippen LogP contribution in [0.1, 0.15) is 16.7 Å². The quantitative estimate of drug-likeness (QED) is 0.893. The van der Waals surface area contributed by atoms with Crippen LogP contribution in [0.2, 0.25) is 0 Å². The number of nitrogens with zero attached hydrogens (tertiary/aromatic N) is 2. The van der Waals surface area contributed by atoms with E-state index >= 15 is 0 Å². The van der Waals surface area contributed by atoms with E-state index in [1.165, 1.54) is 9.75 Å². The van der Waals surface area contributed by atoms with Crippen LogP contribution in [-0.2, 0) is 6.42 Å². The van der Waals surface area contributed by atoms with E-state index in [1.54, 1.807) is 11.3 Å². The first-order chi connectivity index (χ1) is 8.54. The molecule has 0 aliphatic rings. The minimum atomic E-state index is -0.488. The zero-order chi connectivity index (χ0) is 13.1. The lowest BCUT2D eigenvalue weighted by Crippen LogP contribution is -2.19. The second kappa shape index (κ2) is 5.30. The molecular weight excluding hydrogens is 251 g/mol. The Bertz CT molecular complexity index is 541. The summed E-state index contributed by atoms with van der Waals surface area (Å²) in [5.74, 6) is -0.264. The van der Waals surface area contributed by atoms with Crippen molar-refractivity contribution in [1.29, 1.82) is 0 Å². The Kier molecular flexibility index (Phi) is 3.76. The number of nitrogens with two attached hydrogens (primary N) is 1. The molecule has 0 bridgehead atoms. The first-order valence-electron chi connectivity index (χ1n) is 5.64. The molecule has 2 heterocycles. The third-order valence-electron chi connectivity index (χ3n) is 2.45. The van der Waals surface area contributed by atoms with Crippen LogP contribution < -0.4 is 11.1 Å². The number of nitrogens with one attached hydrogen (secondary N) is 1. The Labute approximate surface area is 109 Å². The van der Waals surface area contributed by atoms with Crippen molar-refractivity contribution in [3.05, 3.63) is 33.9 Å². The zero-order valence-electron chi connectivity index (χ0n) is 10.3. The normalized spacial score (nSPS) is 12.4. The van der Waals surface area contributed by atoms with Gasteiger partial charge in [0.2, 0.25) is 5.95 Å². The number of anilines is 2. The first kappa shape index (κ1) is 12.8. The van der Waals surface area contributed by atoms with Gasteiger partial charge >= 0.3 is 0 Å². The predicted molar refractivity (Wildman–Crippen MR) is 72.2 cm³/mol. The van der Waals surface area contributed by atoms with Gasteiger partial charge in [-0.25, -0.2) is 9.37 Å². The number of hydrogen-bond donors (Lipinski definition) is 2. The molecule has 6 heteroatoms. The van der Waals surface area contributed by atoms with Gasteiger partial charge in [-0.3, -0.25) is 0 Å². The fourth-order valence-electron chi connectivity index (χ4n) is 1.66. The van der Waals surface area contributed by atoms with Gasteiger partial charge in [-0.15, -0.1) is 11.3 Å². The highest BCUT2D eigenvalue weighted by Gasteiger charge is 2.10. The maximum absolute atomic E-state index is 13.4. The lowest BCUT2D eigenvalue weighted by Gasteiger charge is -2.14. The monoisotopic (exact) mass is 266 g/mol. The molecule has 96 valence electrons. The summed E-state index contributed by atoms with van der Waals surface area (Å²) in [4.78, 5) is 9.96. The summed E-state index contributed by atoms with van der Waals surface area (Å²) in [6.45, 7) is 4.05. The lowest BCUT2D eigenvalue weighted by atomic mass is 10.2. The van der Waals surface area contributed by atoms with Crippen LogP contribution in [0.3, 0.4) is 0 Å². The van der Waals surface area contributed by atoms with Gasteiger partial charge in [0.1, 0.15) is 0 Å². The molecule has 2 rings (SSSR count). The molecule has 0 fully saturated rings. The van der Waals surface area contributed by atoms with Crippen molar-refractivity contribution in [1.82, 2.24) is 9.97 Å². The van der Waals surface area contributed by atoms with Gasteiger partial charge in [-0.05, 0) is 26.0 Å². The van der Waals surface area contributed by atoms with E-state index in [4.69, 9.17) is 5.73 Å². The average Bonchev–Trinajstić information content (AvgIpc) is 2.69. The molecular formula is C12H15FN4S. The zero-order valence-corrected chi connectivity index (χ0v) is 11.1. The number of nitrogen functional groups attached to an aromatic ring is 1. The average molecular weight is 266 g/mol. The van der Waals surface area contributed by atoms with Crippen LogP contribution in [0.4, 0.5) is 16.2 Å². The third kappa shape index (κ3) is 3.16. The van der Waals surface area contributed by atoms with Crippen LogP contribution in [0, 0.1) is 12.7 Å². The molecule has 0 aromatic carbocycles. The van der Waals surface area contributed by atoms with Crippen molar-refractivity contribution in [2.45, 2.75) is 26.3 Å². The van der Waals surface area contributed by atoms with Gasteiger partial charge in [0, 0.05) is 22.2 Å². The Morgan fingerprint density at radius 3 is 2.94 bits per heavy atom. The molecule has 0 amide bonds. The van der Waals surface area contributed by atoms with Crippen molar-refractivity contribution in [3.8, 4) is 0 Å². The van der Waals surface area contributed by atoms with Crippen molar-refractivity contribution in [3.63, 3.8) is 0 Å². The summed E-state index contributed by atoms with van der Waals surface area (Å²) in [7, 11) is 0. The molecule has 18 heavy (non-hydrogen) atoms. The van der Waals surface area contributed by atoms with E-state index in [0.29, 0.717) is 0 Å².